The van der Waals surface area contributed by atoms with E-state index < -0.39 is 17.8 Å². The molecule has 0 saturated carbocycles. The molecule has 3 rings (SSSR count). The van der Waals surface area contributed by atoms with E-state index >= 15 is 0 Å². The fraction of sp³-hybridized carbons (Fsp3) is 0.100. The van der Waals surface area contributed by atoms with Crippen LogP contribution < -0.4 is 25.4 Å². The zero-order chi connectivity index (χ0) is 20.8. The molecule has 1 heterocycles. The van der Waals surface area contributed by atoms with Gasteiger partial charge in [0.1, 0.15) is 17.1 Å². The molecule has 2 aromatic rings. The molecule has 0 radical (unpaired) electrons. The van der Waals surface area contributed by atoms with Crippen LogP contribution in [-0.4, -0.2) is 37.5 Å². The summed E-state index contributed by atoms with van der Waals surface area (Å²) in [5.41, 5.74) is 0.896. The molecule has 0 aliphatic carbocycles. The molecular weight excluding hydrogens is 378 g/mol. The van der Waals surface area contributed by atoms with Crippen molar-refractivity contribution in [1.29, 1.82) is 0 Å². The van der Waals surface area contributed by atoms with Crippen LogP contribution in [0.25, 0.3) is 6.08 Å². The number of rotatable bonds is 6. The molecule has 1 aliphatic heterocycles. The highest BCUT2D eigenvalue weighted by molar-refractivity contribution is 6.31. The maximum absolute atomic E-state index is 12.1. The van der Waals surface area contributed by atoms with E-state index in [9.17, 15) is 19.2 Å². The first kappa shape index (κ1) is 19.6. The Labute approximate surface area is 165 Å². The highest BCUT2D eigenvalue weighted by atomic mass is 16.5. The molecular formula is C20H17N3O6. The van der Waals surface area contributed by atoms with Crippen molar-refractivity contribution in [3.63, 3.8) is 0 Å². The summed E-state index contributed by atoms with van der Waals surface area (Å²) in [7, 11) is 1.51. The van der Waals surface area contributed by atoms with Gasteiger partial charge in [0.15, 0.2) is 6.61 Å². The van der Waals surface area contributed by atoms with E-state index in [0.29, 0.717) is 22.7 Å². The first-order valence-corrected chi connectivity index (χ1v) is 8.50. The van der Waals surface area contributed by atoms with E-state index in [1.807, 2.05) is 10.6 Å². The zero-order valence-corrected chi connectivity index (χ0v) is 15.4. The molecule has 9 nitrogen and oxygen atoms in total. The molecule has 0 bridgehead atoms. The lowest BCUT2D eigenvalue weighted by Gasteiger charge is -2.14. The van der Waals surface area contributed by atoms with Crippen molar-refractivity contribution in [2.75, 3.05) is 19.0 Å². The second kappa shape index (κ2) is 8.70. The number of carbonyl (C=O) groups excluding carboxylic acids is 4. The van der Waals surface area contributed by atoms with E-state index in [1.54, 1.807) is 48.5 Å². The number of hydrogen-bond acceptors (Lipinski definition) is 6. The summed E-state index contributed by atoms with van der Waals surface area (Å²) in [5, 5.41) is 6.69. The third kappa shape index (κ3) is 4.98. The minimum Gasteiger partial charge on any atom is -0.495 e. The Bertz CT molecular complexity index is 976. The molecule has 2 aromatic carbocycles. The fourth-order valence-corrected chi connectivity index (χ4v) is 2.52. The van der Waals surface area contributed by atoms with Gasteiger partial charge in [-0.2, -0.15) is 0 Å². The van der Waals surface area contributed by atoms with Crippen LogP contribution in [0.1, 0.15) is 5.56 Å². The fourth-order valence-electron chi connectivity index (χ4n) is 2.52. The Morgan fingerprint density at radius 1 is 1.00 bits per heavy atom. The Balaban J connectivity index is 1.59. The number of methoxy groups -OCH3 is 1. The average Bonchev–Trinajstić information content (AvgIpc) is 2.70. The smallest absolute Gasteiger partial charge is 0.328 e. The van der Waals surface area contributed by atoms with Gasteiger partial charge >= 0.3 is 6.03 Å². The third-order valence-corrected chi connectivity index (χ3v) is 3.89. The van der Waals surface area contributed by atoms with E-state index in [0.717, 1.165) is 0 Å². The Kier molecular flexibility index (Phi) is 5.88. The van der Waals surface area contributed by atoms with Crippen molar-refractivity contribution in [3.8, 4) is 11.5 Å². The van der Waals surface area contributed by atoms with Crippen LogP contribution in [0.15, 0.2) is 54.1 Å². The van der Waals surface area contributed by atoms with Crippen molar-refractivity contribution < 1.29 is 28.7 Å². The number of para-hydroxylation sites is 2. The van der Waals surface area contributed by atoms with Gasteiger partial charge in [0.25, 0.3) is 17.7 Å². The predicted molar refractivity (Wildman–Crippen MR) is 103 cm³/mol. The van der Waals surface area contributed by atoms with Crippen LogP contribution in [0, 0.1) is 0 Å². The van der Waals surface area contributed by atoms with Gasteiger partial charge in [-0.25, -0.2) is 4.79 Å². The number of carbonyl (C=O) groups is 4. The summed E-state index contributed by atoms with van der Waals surface area (Å²) in [6.45, 7) is -0.217. The third-order valence-electron chi connectivity index (χ3n) is 3.89. The lowest BCUT2D eigenvalue weighted by Crippen LogP contribution is -2.51. The van der Waals surface area contributed by atoms with Gasteiger partial charge in [-0.3, -0.25) is 25.0 Å². The summed E-state index contributed by atoms with van der Waals surface area (Å²) in [5.74, 6) is -0.939. The number of amides is 5. The summed E-state index contributed by atoms with van der Waals surface area (Å²) >= 11 is 0. The highest BCUT2D eigenvalue weighted by Crippen LogP contribution is 2.23. The standard InChI is InChI=1S/C20H17N3O6/c1-28-16-5-3-2-4-15(16)21-17(24)11-29-13-8-6-12(7-9-13)10-14-18(25)22-20(27)23-19(14)26/h2-10H,11H2,1H3,(H,21,24)(H2,22,23,25,26,27). The summed E-state index contributed by atoms with van der Waals surface area (Å²) in [6, 6.07) is 12.5. The number of nitrogens with one attached hydrogen (secondary N) is 3. The minimum atomic E-state index is -0.854. The molecule has 9 heteroatoms. The van der Waals surface area contributed by atoms with Crippen LogP contribution in [-0.2, 0) is 14.4 Å². The van der Waals surface area contributed by atoms with E-state index in [-0.39, 0.29) is 18.1 Å². The van der Waals surface area contributed by atoms with E-state index in [4.69, 9.17) is 9.47 Å². The molecule has 0 unspecified atom stereocenters. The maximum atomic E-state index is 12.1. The van der Waals surface area contributed by atoms with E-state index in [1.165, 1.54) is 13.2 Å². The van der Waals surface area contributed by atoms with Crippen LogP contribution in [0.4, 0.5) is 10.5 Å². The molecule has 0 atom stereocenters. The lowest BCUT2D eigenvalue weighted by atomic mass is 10.1. The van der Waals surface area contributed by atoms with Crippen molar-refractivity contribution in [2.24, 2.45) is 0 Å². The SMILES string of the molecule is COc1ccccc1NC(=O)COc1ccc(C=C2C(=O)NC(=O)NC2=O)cc1. The van der Waals surface area contributed by atoms with Crippen LogP contribution in [0.5, 0.6) is 11.5 Å². The normalized spacial score (nSPS) is 13.3. The molecule has 1 aliphatic rings. The Hall–Kier alpha value is -4.14. The van der Waals surface area contributed by atoms with Crippen molar-refractivity contribution >= 4 is 35.5 Å². The van der Waals surface area contributed by atoms with Gasteiger partial charge in [-0.1, -0.05) is 24.3 Å². The van der Waals surface area contributed by atoms with Crippen molar-refractivity contribution in [3.05, 3.63) is 59.7 Å². The van der Waals surface area contributed by atoms with E-state index in [2.05, 4.69) is 5.32 Å². The van der Waals surface area contributed by atoms with Gasteiger partial charge in [0.2, 0.25) is 0 Å². The number of anilines is 1. The first-order valence-electron chi connectivity index (χ1n) is 8.50. The van der Waals surface area contributed by atoms with Gasteiger partial charge in [-0.15, -0.1) is 0 Å². The Morgan fingerprint density at radius 3 is 2.31 bits per heavy atom. The number of benzene rings is 2. The molecule has 5 amide bonds. The molecule has 1 saturated heterocycles. The summed E-state index contributed by atoms with van der Waals surface area (Å²) < 4.78 is 10.6. The maximum Gasteiger partial charge on any atom is 0.328 e. The number of barbiturate groups is 1. The molecule has 0 aromatic heterocycles. The van der Waals surface area contributed by atoms with Crippen LogP contribution >= 0.6 is 0 Å². The topological polar surface area (TPSA) is 123 Å². The number of hydrogen-bond donors (Lipinski definition) is 3. The van der Waals surface area contributed by atoms with Gasteiger partial charge in [0.05, 0.1) is 12.8 Å². The monoisotopic (exact) mass is 395 g/mol. The van der Waals surface area contributed by atoms with Crippen LogP contribution in [0.3, 0.4) is 0 Å². The molecule has 148 valence electrons. The summed E-state index contributed by atoms with van der Waals surface area (Å²) in [6.07, 6.45) is 1.34. The molecule has 0 spiro atoms. The average molecular weight is 395 g/mol. The summed E-state index contributed by atoms with van der Waals surface area (Å²) in [4.78, 5) is 46.6. The highest BCUT2D eigenvalue weighted by Gasteiger charge is 2.27. The van der Waals surface area contributed by atoms with Gasteiger partial charge in [0, 0.05) is 0 Å². The first-order chi connectivity index (χ1) is 14.0. The van der Waals surface area contributed by atoms with Crippen molar-refractivity contribution in [2.45, 2.75) is 0 Å². The van der Waals surface area contributed by atoms with Gasteiger partial charge < -0.3 is 14.8 Å². The molecule has 1 fully saturated rings. The number of urea groups is 1. The zero-order valence-electron chi connectivity index (χ0n) is 15.4. The quantitative estimate of drug-likeness (QED) is 0.503. The molecule has 3 N–H and O–H groups in total. The van der Waals surface area contributed by atoms with Gasteiger partial charge in [-0.05, 0) is 35.9 Å². The predicted octanol–water partition coefficient (Wildman–Crippen LogP) is 1.46. The Morgan fingerprint density at radius 2 is 1.66 bits per heavy atom. The minimum absolute atomic E-state index is 0.186. The van der Waals surface area contributed by atoms with Crippen molar-refractivity contribution in [1.82, 2.24) is 10.6 Å². The van der Waals surface area contributed by atoms with Crippen LogP contribution in [0.2, 0.25) is 0 Å². The second-order valence-electron chi connectivity index (χ2n) is 5.90. The number of ether oxygens (including phenoxy) is 2. The number of imide groups is 2. The largest absolute Gasteiger partial charge is 0.495 e. The molecule has 29 heavy (non-hydrogen) atoms. The lowest BCUT2D eigenvalue weighted by molar-refractivity contribution is -0.124. The second-order valence-corrected chi connectivity index (χ2v) is 5.90.